The number of ether oxygens (including phenoxy) is 1. The van der Waals surface area contributed by atoms with Crippen LogP contribution in [0.4, 0.5) is 0 Å². The number of amides is 3. The minimum absolute atomic E-state index is 0.0113. The van der Waals surface area contributed by atoms with Crippen LogP contribution in [0.25, 0.3) is 0 Å². The van der Waals surface area contributed by atoms with Crippen molar-refractivity contribution in [2.24, 2.45) is 17.3 Å². The van der Waals surface area contributed by atoms with Gasteiger partial charge in [-0.15, -0.1) is 0 Å². The number of aliphatic hydroxyl groups excluding tert-OH is 1. The van der Waals surface area contributed by atoms with Gasteiger partial charge in [-0.1, -0.05) is 45.1 Å². The van der Waals surface area contributed by atoms with Gasteiger partial charge in [-0.05, 0) is 32.6 Å². The maximum absolute atomic E-state index is 14.3. The molecule has 1 unspecified atom stereocenters. The Morgan fingerprint density at radius 3 is 2.26 bits per heavy atom. The van der Waals surface area contributed by atoms with Crippen LogP contribution in [-0.2, 0) is 19.1 Å². The standard InChI is InChI=1S/C26H39N3O5/c1-23(2,3)16-24(4,5)29-13-9-11-26-18(21(32)28(14-15-30)19(26)22(29)33)17-20(31)27(7)12-8-10-25(17,6)34-26/h8-11,17-19,30H,12-16H2,1-7H3/t17-,18-,19?,25+,26-/m0/s1. The first-order valence-electron chi connectivity index (χ1n) is 12.2. The van der Waals surface area contributed by atoms with Crippen LogP contribution in [0.15, 0.2) is 24.3 Å². The molecular formula is C26H39N3O5. The number of fused-ring (bicyclic) bond motifs is 2. The summed E-state index contributed by atoms with van der Waals surface area (Å²) in [4.78, 5) is 46.5. The molecule has 0 aromatic carbocycles. The predicted octanol–water partition coefficient (Wildman–Crippen LogP) is 1.59. The third-order valence-electron chi connectivity index (χ3n) is 7.79. The van der Waals surface area contributed by atoms with Crippen molar-refractivity contribution in [3.8, 4) is 0 Å². The Hall–Kier alpha value is -2.19. The second-order valence-corrected chi connectivity index (χ2v) is 12.3. The molecule has 4 aliphatic rings. The Balaban J connectivity index is 1.84. The molecule has 0 aliphatic carbocycles. The molecule has 4 heterocycles. The zero-order valence-electron chi connectivity index (χ0n) is 21.5. The molecule has 4 aliphatic heterocycles. The van der Waals surface area contributed by atoms with Gasteiger partial charge < -0.3 is 24.5 Å². The van der Waals surface area contributed by atoms with E-state index in [1.165, 1.54) is 4.90 Å². The van der Waals surface area contributed by atoms with Gasteiger partial charge in [0.1, 0.15) is 11.6 Å². The first-order chi connectivity index (χ1) is 15.7. The van der Waals surface area contributed by atoms with Crippen molar-refractivity contribution in [3.63, 3.8) is 0 Å². The first-order valence-corrected chi connectivity index (χ1v) is 12.2. The minimum atomic E-state index is -1.27. The largest absolute Gasteiger partial charge is 0.395 e. The number of nitrogens with zero attached hydrogens (tertiary/aromatic N) is 3. The Morgan fingerprint density at radius 2 is 1.65 bits per heavy atom. The highest BCUT2D eigenvalue weighted by molar-refractivity contribution is 6.00. The van der Waals surface area contributed by atoms with Gasteiger partial charge in [0.25, 0.3) is 0 Å². The number of carbonyl (C=O) groups is 3. The van der Waals surface area contributed by atoms with Crippen molar-refractivity contribution < 1.29 is 24.2 Å². The van der Waals surface area contributed by atoms with Crippen LogP contribution in [0.1, 0.15) is 48.0 Å². The molecule has 2 saturated heterocycles. The summed E-state index contributed by atoms with van der Waals surface area (Å²) in [5.41, 5.74) is -2.76. The van der Waals surface area contributed by atoms with E-state index in [1.54, 1.807) is 11.9 Å². The summed E-state index contributed by atoms with van der Waals surface area (Å²) >= 11 is 0. The van der Waals surface area contributed by atoms with Crippen molar-refractivity contribution in [2.75, 3.05) is 33.3 Å². The molecule has 8 nitrogen and oxygen atoms in total. The van der Waals surface area contributed by atoms with Gasteiger partial charge in [-0.2, -0.15) is 0 Å². The Morgan fingerprint density at radius 1 is 1.00 bits per heavy atom. The average molecular weight is 474 g/mol. The van der Waals surface area contributed by atoms with Crippen molar-refractivity contribution in [1.82, 2.24) is 14.7 Å². The maximum atomic E-state index is 14.3. The van der Waals surface area contributed by atoms with E-state index < -0.39 is 34.6 Å². The van der Waals surface area contributed by atoms with Crippen molar-refractivity contribution in [3.05, 3.63) is 24.3 Å². The summed E-state index contributed by atoms with van der Waals surface area (Å²) in [5.74, 6) is -2.26. The van der Waals surface area contributed by atoms with E-state index in [0.29, 0.717) is 13.1 Å². The third-order valence-corrected chi connectivity index (χ3v) is 7.79. The summed E-state index contributed by atoms with van der Waals surface area (Å²) in [6, 6.07) is -0.939. The van der Waals surface area contributed by atoms with Gasteiger partial charge in [-0.3, -0.25) is 14.4 Å². The molecule has 0 saturated carbocycles. The predicted molar refractivity (Wildman–Crippen MR) is 128 cm³/mol. The van der Waals surface area contributed by atoms with E-state index >= 15 is 0 Å². The monoisotopic (exact) mass is 473 g/mol. The van der Waals surface area contributed by atoms with Gasteiger partial charge in [0, 0.05) is 32.2 Å². The highest BCUT2D eigenvalue weighted by Crippen LogP contribution is 2.57. The highest BCUT2D eigenvalue weighted by Gasteiger charge is 2.74. The van der Waals surface area contributed by atoms with Crippen molar-refractivity contribution in [1.29, 1.82) is 0 Å². The number of hydrogen-bond acceptors (Lipinski definition) is 5. The number of likely N-dealkylation sites (tertiary alicyclic amines) is 1. The molecule has 5 atom stereocenters. The van der Waals surface area contributed by atoms with Gasteiger partial charge in [0.05, 0.1) is 24.0 Å². The fourth-order valence-corrected chi connectivity index (χ4v) is 6.93. The number of hydrogen-bond donors (Lipinski definition) is 1. The van der Waals surface area contributed by atoms with Crippen molar-refractivity contribution >= 4 is 17.7 Å². The van der Waals surface area contributed by atoms with Crippen LogP contribution >= 0.6 is 0 Å². The zero-order chi connectivity index (χ0) is 25.3. The molecule has 4 rings (SSSR count). The van der Waals surface area contributed by atoms with Gasteiger partial charge in [0.15, 0.2) is 0 Å². The second-order valence-electron chi connectivity index (χ2n) is 12.3. The molecule has 3 amide bonds. The summed E-state index contributed by atoms with van der Waals surface area (Å²) in [7, 11) is 1.72. The second kappa shape index (κ2) is 7.92. The lowest BCUT2D eigenvalue weighted by Crippen LogP contribution is -2.60. The number of rotatable bonds is 4. The number of aliphatic hydroxyl groups is 1. The van der Waals surface area contributed by atoms with E-state index in [4.69, 9.17) is 4.74 Å². The molecule has 0 radical (unpaired) electrons. The zero-order valence-corrected chi connectivity index (χ0v) is 21.5. The molecule has 2 fully saturated rings. The fourth-order valence-electron chi connectivity index (χ4n) is 6.93. The van der Waals surface area contributed by atoms with E-state index in [0.717, 1.165) is 6.42 Å². The molecule has 8 heteroatoms. The van der Waals surface area contributed by atoms with Crippen LogP contribution in [0, 0.1) is 17.3 Å². The van der Waals surface area contributed by atoms with Crippen LogP contribution in [0.5, 0.6) is 0 Å². The Kier molecular flexibility index (Phi) is 5.80. The number of likely N-dealkylation sites (N-methyl/N-ethyl adjacent to an activating group) is 1. The van der Waals surface area contributed by atoms with Crippen LogP contribution in [0.3, 0.4) is 0 Å². The lowest BCUT2D eigenvalue weighted by molar-refractivity contribution is -0.156. The molecule has 0 aromatic rings. The van der Waals surface area contributed by atoms with Crippen LogP contribution in [0.2, 0.25) is 0 Å². The topological polar surface area (TPSA) is 90.4 Å². The van der Waals surface area contributed by atoms with E-state index in [-0.39, 0.29) is 36.3 Å². The maximum Gasteiger partial charge on any atom is 0.249 e. The lowest BCUT2D eigenvalue weighted by atomic mass is 9.74. The van der Waals surface area contributed by atoms with Gasteiger partial charge in [0.2, 0.25) is 17.7 Å². The van der Waals surface area contributed by atoms with Gasteiger partial charge in [-0.25, -0.2) is 0 Å². The smallest absolute Gasteiger partial charge is 0.249 e. The quantitative estimate of drug-likeness (QED) is 0.627. The minimum Gasteiger partial charge on any atom is -0.395 e. The van der Waals surface area contributed by atoms with E-state index in [2.05, 4.69) is 34.6 Å². The van der Waals surface area contributed by atoms with E-state index in [1.807, 2.05) is 36.1 Å². The molecular weight excluding hydrogens is 434 g/mol. The molecule has 1 spiro atoms. The summed E-state index contributed by atoms with van der Waals surface area (Å²) in [5, 5.41) is 9.79. The third kappa shape index (κ3) is 3.61. The normalized spacial score (nSPS) is 35.9. The van der Waals surface area contributed by atoms with Crippen molar-refractivity contribution in [2.45, 2.75) is 70.7 Å². The lowest BCUT2D eigenvalue weighted by Gasteiger charge is -2.44. The summed E-state index contributed by atoms with van der Waals surface area (Å²) in [6.07, 6.45) is 8.30. The molecule has 188 valence electrons. The molecule has 0 aromatic heterocycles. The van der Waals surface area contributed by atoms with Crippen LogP contribution in [-0.4, -0.2) is 93.6 Å². The number of carbonyl (C=O) groups excluding carboxylic acids is 3. The summed E-state index contributed by atoms with van der Waals surface area (Å²) < 4.78 is 6.71. The SMILES string of the molecule is CN1CC=C[C@@]2(C)O[C@]34C=CCN(C(C)(C)CC(C)(C)C)C(=O)C3N(CCO)C(=O)[C@@H]4[C@H]2C1=O. The van der Waals surface area contributed by atoms with E-state index in [9.17, 15) is 19.5 Å². The first kappa shape index (κ1) is 24.9. The average Bonchev–Trinajstić information content (AvgIpc) is 2.95. The fraction of sp³-hybridized carbons (Fsp3) is 0.731. The molecule has 34 heavy (non-hydrogen) atoms. The molecule has 1 N–H and O–H groups in total. The highest BCUT2D eigenvalue weighted by atomic mass is 16.5. The number of β-amino-alcohol motifs (C(OH)–C–C–N with tert-alkyl or cyclic N) is 1. The summed E-state index contributed by atoms with van der Waals surface area (Å²) in [6.45, 7) is 12.9. The van der Waals surface area contributed by atoms with Gasteiger partial charge >= 0.3 is 0 Å². The van der Waals surface area contributed by atoms with Crippen LogP contribution < -0.4 is 0 Å². The Bertz CT molecular complexity index is 951. The molecule has 0 bridgehead atoms. The Labute approximate surface area is 202 Å².